The molecular formula is C21H18N8OS. The maximum atomic E-state index is 12.6. The van der Waals surface area contributed by atoms with E-state index in [4.69, 9.17) is 0 Å². The minimum atomic E-state index is -0.297. The molecule has 2 aromatic carbocycles. The molecule has 0 saturated heterocycles. The van der Waals surface area contributed by atoms with Crippen LogP contribution in [0.1, 0.15) is 16.7 Å². The van der Waals surface area contributed by atoms with Crippen molar-refractivity contribution >= 4 is 23.5 Å². The first-order valence-corrected chi connectivity index (χ1v) is 10.4. The second kappa shape index (κ2) is 8.81. The van der Waals surface area contributed by atoms with Crippen LogP contribution in [-0.2, 0) is 4.79 Å². The number of nitriles is 1. The molecule has 10 heteroatoms. The van der Waals surface area contributed by atoms with Crippen molar-refractivity contribution in [1.29, 1.82) is 5.26 Å². The normalized spacial score (nSPS) is 10.6. The van der Waals surface area contributed by atoms with Crippen LogP contribution < -0.4 is 5.32 Å². The Labute approximate surface area is 182 Å². The Morgan fingerprint density at radius 1 is 1.10 bits per heavy atom. The van der Waals surface area contributed by atoms with Gasteiger partial charge in [0.25, 0.3) is 0 Å². The van der Waals surface area contributed by atoms with E-state index < -0.39 is 0 Å². The summed E-state index contributed by atoms with van der Waals surface area (Å²) in [4.78, 5) is 12.6. The zero-order chi connectivity index (χ0) is 21.8. The van der Waals surface area contributed by atoms with Crippen LogP contribution >= 0.6 is 11.8 Å². The molecule has 2 aromatic heterocycles. The van der Waals surface area contributed by atoms with Crippen LogP contribution in [0.4, 0.5) is 5.82 Å². The molecule has 1 amide bonds. The van der Waals surface area contributed by atoms with Gasteiger partial charge in [-0.3, -0.25) is 4.79 Å². The number of rotatable bonds is 6. The van der Waals surface area contributed by atoms with Crippen LogP contribution in [0, 0.1) is 25.2 Å². The Morgan fingerprint density at radius 2 is 1.90 bits per heavy atom. The Hall–Kier alpha value is -3.97. The molecule has 0 saturated carbocycles. The minimum Gasteiger partial charge on any atom is -0.309 e. The highest BCUT2D eigenvalue weighted by Crippen LogP contribution is 2.22. The smallest absolute Gasteiger partial charge is 0.236 e. The van der Waals surface area contributed by atoms with Gasteiger partial charge in [0.1, 0.15) is 11.6 Å². The van der Waals surface area contributed by atoms with Crippen LogP contribution in [0.15, 0.2) is 59.9 Å². The van der Waals surface area contributed by atoms with Crippen molar-refractivity contribution in [2.24, 2.45) is 0 Å². The molecule has 0 aliphatic carbocycles. The van der Waals surface area contributed by atoms with Gasteiger partial charge in [-0.05, 0) is 59.7 Å². The Bertz CT molecular complexity index is 1270. The number of amides is 1. The van der Waals surface area contributed by atoms with E-state index in [-0.39, 0.29) is 17.2 Å². The standard InChI is InChI=1S/C21H18N8OS/c1-14-8-9-18(10-15(14)2)29-21(25-26-27-29)31-13-19(30)24-20-16(11-22)12-23-28(20)17-6-4-3-5-7-17/h3-10,12H,13H2,1-2H3,(H,24,30). The monoisotopic (exact) mass is 430 g/mol. The minimum absolute atomic E-state index is 0.0655. The highest BCUT2D eigenvalue weighted by molar-refractivity contribution is 7.99. The summed E-state index contributed by atoms with van der Waals surface area (Å²) in [5.41, 5.74) is 4.14. The van der Waals surface area contributed by atoms with Gasteiger partial charge in [-0.15, -0.1) is 5.10 Å². The van der Waals surface area contributed by atoms with Crippen molar-refractivity contribution < 1.29 is 4.79 Å². The van der Waals surface area contributed by atoms with Crippen molar-refractivity contribution in [1.82, 2.24) is 30.0 Å². The van der Waals surface area contributed by atoms with Gasteiger partial charge in [-0.2, -0.15) is 15.0 Å². The molecule has 0 aliphatic rings. The first-order valence-electron chi connectivity index (χ1n) is 9.39. The summed E-state index contributed by atoms with van der Waals surface area (Å²) < 4.78 is 3.12. The number of aryl methyl sites for hydroxylation is 2. The maximum absolute atomic E-state index is 12.6. The molecule has 4 aromatic rings. The lowest BCUT2D eigenvalue weighted by molar-refractivity contribution is -0.113. The lowest BCUT2D eigenvalue weighted by Crippen LogP contribution is -2.18. The number of nitrogens with one attached hydrogen (secondary N) is 1. The largest absolute Gasteiger partial charge is 0.309 e. The first-order chi connectivity index (χ1) is 15.1. The molecule has 154 valence electrons. The number of thioether (sulfide) groups is 1. The second-order valence-corrected chi connectivity index (χ2v) is 7.69. The zero-order valence-corrected chi connectivity index (χ0v) is 17.7. The van der Waals surface area contributed by atoms with E-state index in [1.807, 2.05) is 62.4 Å². The SMILES string of the molecule is Cc1ccc(-n2nnnc2SCC(=O)Nc2c(C#N)cnn2-c2ccccc2)cc1C. The topological polar surface area (TPSA) is 114 Å². The van der Waals surface area contributed by atoms with Gasteiger partial charge in [-0.25, -0.2) is 4.68 Å². The van der Waals surface area contributed by atoms with Gasteiger partial charge in [0.2, 0.25) is 11.1 Å². The van der Waals surface area contributed by atoms with Crippen molar-refractivity contribution in [3.05, 3.63) is 71.4 Å². The highest BCUT2D eigenvalue weighted by Gasteiger charge is 2.17. The molecule has 0 bridgehead atoms. The van der Waals surface area contributed by atoms with Gasteiger partial charge in [-0.1, -0.05) is 36.0 Å². The van der Waals surface area contributed by atoms with Gasteiger partial charge in [0, 0.05) is 0 Å². The maximum Gasteiger partial charge on any atom is 0.236 e. The summed E-state index contributed by atoms with van der Waals surface area (Å²) >= 11 is 1.21. The third-order valence-corrected chi connectivity index (χ3v) is 5.58. The second-order valence-electron chi connectivity index (χ2n) is 6.74. The fraction of sp³-hybridized carbons (Fsp3) is 0.143. The summed E-state index contributed by atoms with van der Waals surface area (Å²) in [6.45, 7) is 4.06. The van der Waals surface area contributed by atoms with E-state index in [1.165, 1.54) is 28.2 Å². The van der Waals surface area contributed by atoms with Crippen LogP contribution in [0.3, 0.4) is 0 Å². The number of para-hydroxylation sites is 1. The van der Waals surface area contributed by atoms with Crippen molar-refractivity contribution in [3.63, 3.8) is 0 Å². The Balaban J connectivity index is 1.49. The molecule has 0 fully saturated rings. The van der Waals surface area contributed by atoms with E-state index in [1.54, 1.807) is 4.68 Å². The summed E-state index contributed by atoms with van der Waals surface area (Å²) in [6, 6.07) is 17.3. The summed E-state index contributed by atoms with van der Waals surface area (Å²) in [5.74, 6) is 0.0950. The Morgan fingerprint density at radius 3 is 2.65 bits per heavy atom. The van der Waals surface area contributed by atoms with E-state index in [0.717, 1.165) is 16.9 Å². The average Bonchev–Trinajstić information content (AvgIpc) is 3.41. The molecule has 31 heavy (non-hydrogen) atoms. The van der Waals surface area contributed by atoms with Crippen molar-refractivity contribution in [2.45, 2.75) is 19.0 Å². The Kier molecular flexibility index (Phi) is 5.77. The number of hydrogen-bond donors (Lipinski definition) is 1. The number of carbonyl (C=O) groups is 1. The van der Waals surface area contributed by atoms with E-state index in [0.29, 0.717) is 11.0 Å². The number of carbonyl (C=O) groups excluding carboxylic acids is 1. The van der Waals surface area contributed by atoms with Gasteiger partial charge in [0.15, 0.2) is 5.82 Å². The molecule has 4 rings (SSSR count). The molecule has 0 spiro atoms. The third kappa shape index (κ3) is 4.31. The molecule has 9 nitrogen and oxygen atoms in total. The van der Waals surface area contributed by atoms with Gasteiger partial charge >= 0.3 is 0 Å². The molecule has 0 aliphatic heterocycles. The van der Waals surface area contributed by atoms with Crippen molar-refractivity contribution in [2.75, 3.05) is 11.1 Å². The number of tetrazole rings is 1. The molecule has 0 radical (unpaired) electrons. The summed E-state index contributed by atoms with van der Waals surface area (Å²) in [5, 5.41) is 28.7. The molecule has 0 unspecified atom stereocenters. The fourth-order valence-electron chi connectivity index (χ4n) is 2.90. The first kappa shape index (κ1) is 20.3. The summed E-state index contributed by atoms with van der Waals surface area (Å²) in [7, 11) is 0. The third-order valence-electron chi connectivity index (χ3n) is 4.66. The fourth-order valence-corrected chi connectivity index (χ4v) is 3.59. The molecule has 0 atom stereocenters. The molecular weight excluding hydrogens is 412 g/mol. The number of aromatic nitrogens is 6. The lowest BCUT2D eigenvalue weighted by Gasteiger charge is -2.10. The van der Waals surface area contributed by atoms with Gasteiger partial charge in [0.05, 0.1) is 23.3 Å². The van der Waals surface area contributed by atoms with Crippen LogP contribution in [0.5, 0.6) is 0 Å². The van der Waals surface area contributed by atoms with E-state index in [9.17, 15) is 10.1 Å². The van der Waals surface area contributed by atoms with E-state index >= 15 is 0 Å². The zero-order valence-electron chi connectivity index (χ0n) is 16.9. The molecule has 1 N–H and O–H groups in total. The lowest BCUT2D eigenvalue weighted by atomic mass is 10.1. The van der Waals surface area contributed by atoms with E-state index in [2.05, 4.69) is 32.0 Å². The van der Waals surface area contributed by atoms with Gasteiger partial charge < -0.3 is 5.32 Å². The summed E-state index contributed by atoms with van der Waals surface area (Å²) in [6.07, 6.45) is 1.43. The van der Waals surface area contributed by atoms with Crippen LogP contribution in [-0.4, -0.2) is 41.6 Å². The number of hydrogen-bond acceptors (Lipinski definition) is 7. The number of nitrogens with zero attached hydrogens (tertiary/aromatic N) is 7. The van der Waals surface area contributed by atoms with Crippen molar-refractivity contribution in [3.8, 4) is 17.4 Å². The molecule has 2 heterocycles. The average molecular weight is 430 g/mol. The highest BCUT2D eigenvalue weighted by atomic mass is 32.2. The van der Waals surface area contributed by atoms with Crippen LogP contribution in [0.2, 0.25) is 0 Å². The quantitative estimate of drug-likeness (QED) is 0.468. The van der Waals surface area contributed by atoms with Crippen LogP contribution in [0.25, 0.3) is 11.4 Å². The predicted octanol–water partition coefficient (Wildman–Crippen LogP) is 3.07. The predicted molar refractivity (Wildman–Crippen MR) is 116 cm³/mol. The number of anilines is 1. The number of benzene rings is 2.